The van der Waals surface area contributed by atoms with Crippen LogP contribution in [0, 0.1) is 22.7 Å². The van der Waals surface area contributed by atoms with Crippen LogP contribution in [0.15, 0.2) is 47.1 Å². The Hall–Kier alpha value is -2.72. The lowest BCUT2D eigenvalue weighted by Gasteiger charge is -2.11. The second-order valence-electron chi connectivity index (χ2n) is 3.49. The van der Waals surface area contributed by atoms with Gasteiger partial charge >= 0.3 is 0 Å². The Kier molecular flexibility index (Phi) is 2.81. The van der Waals surface area contributed by atoms with Gasteiger partial charge in [-0.3, -0.25) is 0 Å². The van der Waals surface area contributed by atoms with Crippen molar-refractivity contribution in [3.8, 4) is 12.1 Å². The lowest BCUT2D eigenvalue weighted by molar-refractivity contribution is 1.17. The Balaban J connectivity index is 2.49. The molecule has 1 aromatic rings. The summed E-state index contributed by atoms with van der Waals surface area (Å²) in [5, 5.41) is 17.6. The summed E-state index contributed by atoms with van der Waals surface area (Å²) in [5.74, 6) is 0. The molecule has 4 nitrogen and oxygen atoms in total. The molecule has 0 aromatic carbocycles. The van der Waals surface area contributed by atoms with E-state index in [1.165, 1.54) is 0 Å². The molecule has 0 unspecified atom stereocenters. The number of rotatable bonds is 1. The fourth-order valence-corrected chi connectivity index (χ4v) is 1.50. The first-order valence-corrected chi connectivity index (χ1v) is 4.99. The summed E-state index contributed by atoms with van der Waals surface area (Å²) in [6.45, 7) is 3.89. The van der Waals surface area contributed by atoms with E-state index in [4.69, 9.17) is 10.5 Å². The van der Waals surface area contributed by atoms with Crippen molar-refractivity contribution in [2.45, 2.75) is 6.42 Å². The van der Waals surface area contributed by atoms with Crippen LogP contribution < -0.4 is 0 Å². The molecule has 0 radical (unpaired) electrons. The lowest BCUT2D eigenvalue weighted by atomic mass is 10.0. The summed E-state index contributed by atoms with van der Waals surface area (Å²) >= 11 is 0. The largest absolute Gasteiger partial charge is 0.236 e. The molecule has 0 bridgehead atoms. The smallest absolute Gasteiger partial charge is 0.141 e. The van der Waals surface area contributed by atoms with E-state index in [0.29, 0.717) is 29.2 Å². The minimum atomic E-state index is 0.325. The lowest BCUT2D eigenvalue weighted by Crippen LogP contribution is -2.10. The Bertz CT molecular complexity index is 624. The van der Waals surface area contributed by atoms with Crippen molar-refractivity contribution in [3.63, 3.8) is 0 Å². The Labute approximate surface area is 98.9 Å². The van der Waals surface area contributed by atoms with Gasteiger partial charge in [0.15, 0.2) is 0 Å². The van der Waals surface area contributed by atoms with E-state index >= 15 is 0 Å². The van der Waals surface area contributed by atoms with Gasteiger partial charge in [0, 0.05) is 0 Å². The zero-order valence-corrected chi connectivity index (χ0v) is 9.01. The van der Waals surface area contributed by atoms with Gasteiger partial charge in [0.05, 0.1) is 11.4 Å². The SMILES string of the molecule is C=C1CC=C(C#N)N=C1c1cccc(C#N)n1. The van der Waals surface area contributed by atoms with Crippen molar-refractivity contribution in [2.24, 2.45) is 4.99 Å². The molecular weight excluding hydrogens is 212 g/mol. The summed E-state index contributed by atoms with van der Waals surface area (Å²) in [7, 11) is 0. The maximum Gasteiger partial charge on any atom is 0.141 e. The summed E-state index contributed by atoms with van der Waals surface area (Å²) in [4.78, 5) is 8.32. The van der Waals surface area contributed by atoms with Gasteiger partial charge in [-0.25, -0.2) is 9.98 Å². The molecule has 4 heteroatoms. The molecule has 80 valence electrons. The molecule has 2 heterocycles. The number of aliphatic imine (C=N–C) groups is 1. The number of pyridine rings is 1. The van der Waals surface area contributed by atoms with Gasteiger partial charge < -0.3 is 0 Å². The number of hydrogen-bond acceptors (Lipinski definition) is 4. The average molecular weight is 220 g/mol. The zero-order valence-electron chi connectivity index (χ0n) is 9.01. The summed E-state index contributed by atoms with van der Waals surface area (Å²) in [6, 6.07) is 9.08. The second kappa shape index (κ2) is 4.42. The summed E-state index contributed by atoms with van der Waals surface area (Å²) in [5.41, 5.74) is 2.64. The monoisotopic (exact) mass is 220 g/mol. The number of nitrogens with zero attached hydrogens (tertiary/aromatic N) is 4. The van der Waals surface area contributed by atoms with E-state index in [1.807, 2.05) is 12.1 Å². The van der Waals surface area contributed by atoms with Crippen LogP contribution in [-0.2, 0) is 0 Å². The average Bonchev–Trinajstić information content (AvgIpc) is 2.39. The molecule has 0 atom stereocenters. The minimum Gasteiger partial charge on any atom is -0.236 e. The molecule has 1 aliphatic heterocycles. The van der Waals surface area contributed by atoms with E-state index in [0.717, 1.165) is 5.57 Å². The molecule has 1 aliphatic rings. The third-order valence-corrected chi connectivity index (χ3v) is 2.33. The first kappa shape index (κ1) is 10.8. The van der Waals surface area contributed by atoms with Crippen molar-refractivity contribution in [1.29, 1.82) is 10.5 Å². The molecule has 0 aliphatic carbocycles. The normalized spacial score (nSPS) is 14.4. The second-order valence-corrected chi connectivity index (χ2v) is 3.49. The van der Waals surface area contributed by atoms with E-state index in [-0.39, 0.29) is 0 Å². The highest BCUT2D eigenvalue weighted by Crippen LogP contribution is 2.18. The molecule has 0 amide bonds. The van der Waals surface area contributed by atoms with Crippen molar-refractivity contribution < 1.29 is 0 Å². The molecule has 2 rings (SSSR count). The molecule has 0 fully saturated rings. The van der Waals surface area contributed by atoms with Gasteiger partial charge in [-0.1, -0.05) is 12.6 Å². The molecule has 1 aromatic heterocycles. The highest BCUT2D eigenvalue weighted by molar-refractivity contribution is 6.12. The predicted octanol–water partition coefficient (Wildman–Crippen LogP) is 2.11. The van der Waals surface area contributed by atoms with Gasteiger partial charge in [0.1, 0.15) is 23.5 Å². The Morgan fingerprint density at radius 1 is 1.24 bits per heavy atom. The maximum absolute atomic E-state index is 8.81. The van der Waals surface area contributed by atoms with Crippen molar-refractivity contribution in [1.82, 2.24) is 4.98 Å². The first-order chi connectivity index (χ1) is 8.24. The third-order valence-electron chi connectivity index (χ3n) is 2.33. The van der Waals surface area contributed by atoms with E-state index in [2.05, 4.69) is 16.6 Å². The van der Waals surface area contributed by atoms with E-state index in [1.54, 1.807) is 24.3 Å². The molecular formula is C13H8N4. The van der Waals surface area contributed by atoms with E-state index in [9.17, 15) is 0 Å². The fraction of sp³-hybridized carbons (Fsp3) is 0.0769. The Morgan fingerprint density at radius 2 is 2.06 bits per heavy atom. The number of aromatic nitrogens is 1. The minimum absolute atomic E-state index is 0.325. The Morgan fingerprint density at radius 3 is 2.76 bits per heavy atom. The molecule has 0 saturated carbocycles. The predicted molar refractivity (Wildman–Crippen MR) is 62.9 cm³/mol. The number of nitriles is 2. The van der Waals surface area contributed by atoms with Crippen molar-refractivity contribution in [2.75, 3.05) is 0 Å². The van der Waals surface area contributed by atoms with Crippen molar-refractivity contribution >= 4 is 5.71 Å². The first-order valence-electron chi connectivity index (χ1n) is 4.99. The van der Waals surface area contributed by atoms with Gasteiger partial charge in [0.25, 0.3) is 0 Å². The van der Waals surface area contributed by atoms with Gasteiger partial charge in [-0.2, -0.15) is 10.5 Å². The van der Waals surface area contributed by atoms with Crippen molar-refractivity contribution in [3.05, 3.63) is 53.5 Å². The zero-order chi connectivity index (χ0) is 12.3. The van der Waals surface area contributed by atoms with Gasteiger partial charge in [0.2, 0.25) is 0 Å². The van der Waals surface area contributed by atoms with Crippen LogP contribution in [0.2, 0.25) is 0 Å². The van der Waals surface area contributed by atoms with Crippen LogP contribution in [0.1, 0.15) is 17.8 Å². The quantitative estimate of drug-likeness (QED) is 0.727. The number of allylic oxidation sites excluding steroid dienone is 3. The molecule has 0 spiro atoms. The standard InChI is InChI=1S/C13H8N4/c1-9-5-6-11(8-15)17-13(9)12-4-2-3-10(7-14)16-12/h2-4,6H,1,5H2. The van der Waals surface area contributed by atoms with Crippen LogP contribution in [0.25, 0.3) is 0 Å². The molecule has 0 saturated heterocycles. The van der Waals surface area contributed by atoms with Crippen LogP contribution in [0.4, 0.5) is 0 Å². The summed E-state index contributed by atoms with van der Waals surface area (Å²) < 4.78 is 0. The highest BCUT2D eigenvalue weighted by atomic mass is 14.8. The van der Waals surface area contributed by atoms with E-state index < -0.39 is 0 Å². The van der Waals surface area contributed by atoms with Crippen LogP contribution in [-0.4, -0.2) is 10.7 Å². The maximum atomic E-state index is 8.81. The molecule has 17 heavy (non-hydrogen) atoms. The highest BCUT2D eigenvalue weighted by Gasteiger charge is 2.14. The van der Waals surface area contributed by atoms with Crippen LogP contribution in [0.3, 0.4) is 0 Å². The van der Waals surface area contributed by atoms with Gasteiger partial charge in [-0.05, 0) is 30.2 Å². The fourth-order valence-electron chi connectivity index (χ4n) is 1.50. The van der Waals surface area contributed by atoms with Crippen LogP contribution >= 0.6 is 0 Å². The van der Waals surface area contributed by atoms with Crippen LogP contribution in [0.5, 0.6) is 0 Å². The number of hydrogen-bond donors (Lipinski definition) is 0. The van der Waals surface area contributed by atoms with Gasteiger partial charge in [-0.15, -0.1) is 0 Å². The topological polar surface area (TPSA) is 72.8 Å². The summed E-state index contributed by atoms with van der Waals surface area (Å²) in [6.07, 6.45) is 2.31. The third kappa shape index (κ3) is 2.11. The molecule has 0 N–H and O–H groups in total.